The zero-order valence-corrected chi connectivity index (χ0v) is 7.69. The Labute approximate surface area is 76.8 Å². The number of aryl methyl sites for hydroxylation is 1. The molecule has 72 valence electrons. The second-order valence-corrected chi connectivity index (χ2v) is 3.65. The van der Waals surface area contributed by atoms with E-state index in [0.29, 0.717) is 13.0 Å². The standard InChI is InChI=1S/C8H14N4O/c1-12-10-5-7(11-12)4-8(13)2-3-9-6-8/h5,9,13H,2-4,6H2,1H3. The van der Waals surface area contributed by atoms with Crippen LogP contribution < -0.4 is 5.32 Å². The van der Waals surface area contributed by atoms with Crippen molar-refractivity contribution in [2.45, 2.75) is 18.4 Å². The van der Waals surface area contributed by atoms with Gasteiger partial charge in [-0.15, -0.1) is 0 Å². The Morgan fingerprint density at radius 2 is 2.62 bits per heavy atom. The van der Waals surface area contributed by atoms with Gasteiger partial charge in [-0.3, -0.25) is 0 Å². The molecule has 1 aromatic heterocycles. The minimum absolute atomic E-state index is 0.591. The van der Waals surface area contributed by atoms with Gasteiger partial charge < -0.3 is 10.4 Å². The average Bonchev–Trinajstić information content (AvgIpc) is 2.62. The fraction of sp³-hybridized carbons (Fsp3) is 0.750. The summed E-state index contributed by atoms with van der Waals surface area (Å²) in [7, 11) is 1.78. The molecule has 2 rings (SSSR count). The molecule has 0 bridgehead atoms. The van der Waals surface area contributed by atoms with Crippen molar-refractivity contribution in [1.82, 2.24) is 20.3 Å². The number of aromatic nitrogens is 3. The number of nitrogens with one attached hydrogen (secondary N) is 1. The molecule has 0 amide bonds. The molecule has 0 radical (unpaired) electrons. The fourth-order valence-electron chi connectivity index (χ4n) is 1.69. The molecule has 1 aliphatic heterocycles. The van der Waals surface area contributed by atoms with Crippen LogP contribution in [-0.4, -0.2) is 38.8 Å². The Morgan fingerprint density at radius 3 is 3.15 bits per heavy atom. The van der Waals surface area contributed by atoms with Crippen molar-refractivity contribution in [2.24, 2.45) is 7.05 Å². The lowest BCUT2D eigenvalue weighted by atomic mass is 9.97. The molecule has 1 saturated heterocycles. The van der Waals surface area contributed by atoms with Crippen molar-refractivity contribution in [3.05, 3.63) is 11.9 Å². The largest absolute Gasteiger partial charge is 0.388 e. The van der Waals surface area contributed by atoms with Crippen molar-refractivity contribution in [3.63, 3.8) is 0 Å². The molecule has 13 heavy (non-hydrogen) atoms. The van der Waals surface area contributed by atoms with Crippen LogP contribution >= 0.6 is 0 Å². The summed E-state index contributed by atoms with van der Waals surface area (Å²) in [5, 5.41) is 21.3. The van der Waals surface area contributed by atoms with E-state index in [4.69, 9.17) is 0 Å². The number of aliphatic hydroxyl groups is 1. The molecule has 1 atom stereocenters. The van der Waals surface area contributed by atoms with E-state index in [1.165, 1.54) is 4.80 Å². The molecule has 1 unspecified atom stereocenters. The second-order valence-electron chi connectivity index (χ2n) is 3.65. The van der Waals surface area contributed by atoms with Crippen LogP contribution in [0.3, 0.4) is 0 Å². The van der Waals surface area contributed by atoms with Crippen molar-refractivity contribution >= 4 is 0 Å². The number of rotatable bonds is 2. The molecule has 5 heteroatoms. The maximum absolute atomic E-state index is 10.0. The molecular formula is C8H14N4O. The summed E-state index contributed by atoms with van der Waals surface area (Å²) in [6.45, 7) is 1.54. The number of nitrogens with zero attached hydrogens (tertiary/aromatic N) is 3. The van der Waals surface area contributed by atoms with Gasteiger partial charge in [0.25, 0.3) is 0 Å². The normalized spacial score (nSPS) is 28.2. The Morgan fingerprint density at radius 1 is 1.77 bits per heavy atom. The van der Waals surface area contributed by atoms with E-state index in [1.807, 2.05) is 0 Å². The Hall–Kier alpha value is -0.940. The van der Waals surface area contributed by atoms with Crippen LogP contribution in [0, 0.1) is 0 Å². The predicted molar refractivity (Wildman–Crippen MR) is 47.1 cm³/mol. The molecule has 1 aromatic rings. The van der Waals surface area contributed by atoms with Crippen LogP contribution in [0.2, 0.25) is 0 Å². The Balaban J connectivity index is 2.04. The minimum Gasteiger partial charge on any atom is -0.388 e. The van der Waals surface area contributed by atoms with Crippen LogP contribution in [0.25, 0.3) is 0 Å². The monoisotopic (exact) mass is 182 g/mol. The zero-order chi connectivity index (χ0) is 9.31. The number of hydrogen-bond donors (Lipinski definition) is 2. The van der Waals surface area contributed by atoms with Gasteiger partial charge in [0.2, 0.25) is 0 Å². The van der Waals surface area contributed by atoms with E-state index >= 15 is 0 Å². The van der Waals surface area contributed by atoms with E-state index in [9.17, 15) is 5.11 Å². The molecule has 1 fully saturated rings. The zero-order valence-electron chi connectivity index (χ0n) is 7.69. The van der Waals surface area contributed by atoms with Gasteiger partial charge in [0, 0.05) is 20.0 Å². The third-order valence-corrected chi connectivity index (χ3v) is 2.38. The Kier molecular flexibility index (Phi) is 2.05. The maximum Gasteiger partial charge on any atom is 0.0856 e. The second kappa shape index (κ2) is 3.08. The first kappa shape index (κ1) is 8.65. The van der Waals surface area contributed by atoms with Gasteiger partial charge >= 0.3 is 0 Å². The summed E-state index contributed by atoms with van der Waals surface area (Å²) in [6.07, 6.45) is 3.09. The fourth-order valence-corrected chi connectivity index (χ4v) is 1.69. The molecule has 2 N–H and O–H groups in total. The third-order valence-electron chi connectivity index (χ3n) is 2.38. The number of hydrogen-bond acceptors (Lipinski definition) is 4. The van der Waals surface area contributed by atoms with Gasteiger partial charge in [-0.2, -0.15) is 15.0 Å². The summed E-state index contributed by atoms with van der Waals surface area (Å²) in [4.78, 5) is 1.51. The van der Waals surface area contributed by atoms with Crippen LogP contribution in [-0.2, 0) is 13.5 Å². The highest BCUT2D eigenvalue weighted by Crippen LogP contribution is 2.18. The molecule has 0 aromatic carbocycles. The lowest BCUT2D eigenvalue weighted by Gasteiger charge is -2.18. The SMILES string of the molecule is Cn1ncc(CC2(O)CCNC2)n1. The van der Waals surface area contributed by atoms with Crippen LogP contribution in [0.5, 0.6) is 0 Å². The first-order valence-corrected chi connectivity index (χ1v) is 4.46. The topological polar surface area (TPSA) is 63.0 Å². The van der Waals surface area contributed by atoms with Gasteiger partial charge in [-0.05, 0) is 13.0 Å². The third kappa shape index (κ3) is 1.87. The molecule has 2 heterocycles. The van der Waals surface area contributed by atoms with Gasteiger partial charge in [0.1, 0.15) is 0 Å². The van der Waals surface area contributed by atoms with Crippen LogP contribution in [0.1, 0.15) is 12.1 Å². The highest BCUT2D eigenvalue weighted by atomic mass is 16.3. The first-order chi connectivity index (χ1) is 6.18. The van der Waals surface area contributed by atoms with Crippen LogP contribution in [0.4, 0.5) is 0 Å². The molecule has 0 aliphatic carbocycles. The minimum atomic E-state index is -0.615. The van der Waals surface area contributed by atoms with Gasteiger partial charge in [-0.25, -0.2) is 0 Å². The van der Waals surface area contributed by atoms with Gasteiger partial charge in [-0.1, -0.05) is 0 Å². The quantitative estimate of drug-likeness (QED) is 0.621. The highest BCUT2D eigenvalue weighted by Gasteiger charge is 2.31. The summed E-state index contributed by atoms with van der Waals surface area (Å²) in [5.74, 6) is 0. The average molecular weight is 182 g/mol. The summed E-state index contributed by atoms with van der Waals surface area (Å²) in [6, 6.07) is 0. The maximum atomic E-state index is 10.0. The lowest BCUT2D eigenvalue weighted by Crippen LogP contribution is -2.33. The van der Waals surface area contributed by atoms with E-state index in [2.05, 4.69) is 15.5 Å². The van der Waals surface area contributed by atoms with E-state index in [-0.39, 0.29) is 0 Å². The van der Waals surface area contributed by atoms with Crippen molar-refractivity contribution < 1.29 is 5.11 Å². The number of β-amino-alcohol motifs (C(OH)–C–C–N with tert-alkyl or cyclic N) is 1. The van der Waals surface area contributed by atoms with Crippen molar-refractivity contribution in [3.8, 4) is 0 Å². The van der Waals surface area contributed by atoms with Crippen LogP contribution in [0.15, 0.2) is 6.20 Å². The summed E-state index contributed by atoms with van der Waals surface area (Å²) >= 11 is 0. The first-order valence-electron chi connectivity index (χ1n) is 4.46. The molecule has 0 saturated carbocycles. The Bertz CT molecular complexity index is 290. The molecular weight excluding hydrogens is 168 g/mol. The highest BCUT2D eigenvalue weighted by molar-refractivity contribution is 5.02. The molecule has 5 nitrogen and oxygen atoms in total. The predicted octanol–water partition coefficient (Wildman–Crippen LogP) is -0.918. The van der Waals surface area contributed by atoms with Crippen molar-refractivity contribution in [1.29, 1.82) is 0 Å². The van der Waals surface area contributed by atoms with E-state index in [1.54, 1.807) is 13.2 Å². The van der Waals surface area contributed by atoms with Gasteiger partial charge in [0.15, 0.2) is 0 Å². The summed E-state index contributed by atoms with van der Waals surface area (Å²) < 4.78 is 0. The van der Waals surface area contributed by atoms with Gasteiger partial charge in [0.05, 0.1) is 17.5 Å². The smallest absolute Gasteiger partial charge is 0.0856 e. The summed E-state index contributed by atoms with van der Waals surface area (Å²) in [5.41, 5.74) is 0.240. The van der Waals surface area contributed by atoms with Crippen molar-refractivity contribution in [2.75, 3.05) is 13.1 Å². The lowest BCUT2D eigenvalue weighted by molar-refractivity contribution is 0.0608. The van der Waals surface area contributed by atoms with E-state index < -0.39 is 5.60 Å². The molecule has 0 spiro atoms. The van der Waals surface area contributed by atoms with E-state index in [0.717, 1.165) is 18.7 Å². The molecule has 1 aliphatic rings.